The van der Waals surface area contributed by atoms with Crippen molar-refractivity contribution < 1.29 is 4.39 Å². The molecule has 0 aliphatic carbocycles. The number of thioether (sulfide) groups is 1. The van der Waals surface area contributed by atoms with Gasteiger partial charge in [-0.3, -0.25) is 0 Å². The zero-order valence-electron chi connectivity index (χ0n) is 11.8. The van der Waals surface area contributed by atoms with Gasteiger partial charge in [0.15, 0.2) is 5.82 Å². The van der Waals surface area contributed by atoms with Crippen LogP contribution in [0, 0.1) is 5.82 Å². The number of nitrogens with zero attached hydrogens (tertiary/aromatic N) is 4. The molecule has 0 amide bonds. The summed E-state index contributed by atoms with van der Waals surface area (Å²) in [5, 5.41) is 14.1. The van der Waals surface area contributed by atoms with E-state index in [1.165, 1.54) is 17.8 Å². The van der Waals surface area contributed by atoms with Crippen molar-refractivity contribution in [3.8, 4) is 11.4 Å². The molecule has 0 atom stereocenters. The minimum atomic E-state index is -0.346. The van der Waals surface area contributed by atoms with Gasteiger partial charge in [0.25, 0.3) is 0 Å². The first-order valence-electron chi connectivity index (χ1n) is 6.89. The molecule has 23 heavy (non-hydrogen) atoms. The lowest BCUT2D eigenvalue weighted by molar-refractivity contribution is 0.627. The van der Waals surface area contributed by atoms with Crippen LogP contribution in [0.3, 0.4) is 0 Å². The molecule has 1 aliphatic rings. The largest absolute Gasteiger partial charge is 0.212 e. The average molecular weight is 345 g/mol. The van der Waals surface area contributed by atoms with Gasteiger partial charge in [0.2, 0.25) is 5.16 Å². The second kappa shape index (κ2) is 5.79. The van der Waals surface area contributed by atoms with Crippen LogP contribution in [0.2, 0.25) is 5.02 Å². The van der Waals surface area contributed by atoms with Gasteiger partial charge < -0.3 is 0 Å². The number of rotatable bonds is 2. The van der Waals surface area contributed by atoms with Gasteiger partial charge in [0, 0.05) is 10.8 Å². The highest BCUT2D eigenvalue weighted by atomic mass is 35.5. The van der Waals surface area contributed by atoms with Crippen LogP contribution in [0.25, 0.3) is 11.4 Å². The van der Waals surface area contributed by atoms with Crippen LogP contribution in [0.15, 0.2) is 58.8 Å². The Morgan fingerprint density at radius 3 is 2.61 bits per heavy atom. The molecule has 114 valence electrons. The highest BCUT2D eigenvalue weighted by Crippen LogP contribution is 2.29. The second-order valence-corrected chi connectivity index (χ2v) is 6.32. The van der Waals surface area contributed by atoms with Crippen LogP contribution in [-0.2, 0) is 0 Å². The molecule has 0 bridgehead atoms. The van der Waals surface area contributed by atoms with Crippen LogP contribution in [0.5, 0.6) is 0 Å². The third-order valence-corrected chi connectivity index (χ3v) is 4.65. The van der Waals surface area contributed by atoms with Crippen molar-refractivity contribution in [3.63, 3.8) is 0 Å². The van der Waals surface area contributed by atoms with Gasteiger partial charge in [-0.05, 0) is 29.8 Å². The Labute approximate surface area is 141 Å². The summed E-state index contributed by atoms with van der Waals surface area (Å²) in [6.07, 6.45) is 0. The lowest BCUT2D eigenvalue weighted by Gasteiger charge is -2.14. The molecule has 3 aromatic rings. The van der Waals surface area contributed by atoms with Gasteiger partial charge in [-0.15, -0.1) is 10.2 Å². The summed E-state index contributed by atoms with van der Waals surface area (Å²) in [7, 11) is 0. The van der Waals surface area contributed by atoms with E-state index < -0.39 is 0 Å². The summed E-state index contributed by atoms with van der Waals surface area (Å²) in [5.41, 5.74) is 2.23. The fraction of sp³-hybridized carbons (Fsp3) is 0.0625. The number of hydrogen-bond acceptors (Lipinski definition) is 4. The molecule has 1 aliphatic heterocycles. The lowest BCUT2D eigenvalue weighted by Crippen LogP contribution is -2.13. The third-order valence-electron chi connectivity index (χ3n) is 3.46. The zero-order chi connectivity index (χ0) is 15.8. The van der Waals surface area contributed by atoms with E-state index in [0.717, 1.165) is 11.3 Å². The molecule has 1 aromatic heterocycles. The van der Waals surface area contributed by atoms with Crippen molar-refractivity contribution in [1.82, 2.24) is 14.9 Å². The van der Waals surface area contributed by atoms with Crippen LogP contribution >= 0.6 is 23.4 Å². The van der Waals surface area contributed by atoms with Crippen molar-refractivity contribution >= 4 is 29.1 Å². The summed E-state index contributed by atoms with van der Waals surface area (Å²) >= 11 is 7.45. The molecule has 0 unspecified atom stereocenters. The van der Waals surface area contributed by atoms with E-state index in [1.807, 2.05) is 24.3 Å². The van der Waals surface area contributed by atoms with Gasteiger partial charge in [0.05, 0.1) is 11.3 Å². The Balaban J connectivity index is 1.81. The van der Waals surface area contributed by atoms with E-state index >= 15 is 0 Å². The fourth-order valence-electron chi connectivity index (χ4n) is 2.32. The average Bonchev–Trinajstić information content (AvgIpc) is 2.99. The van der Waals surface area contributed by atoms with Crippen molar-refractivity contribution in [1.29, 1.82) is 0 Å². The summed E-state index contributed by atoms with van der Waals surface area (Å²) in [6.45, 7) is 0. The maximum atomic E-state index is 14.0. The highest BCUT2D eigenvalue weighted by Gasteiger charge is 2.22. The third kappa shape index (κ3) is 2.64. The molecule has 4 rings (SSSR count). The van der Waals surface area contributed by atoms with Crippen molar-refractivity contribution in [3.05, 3.63) is 64.9 Å². The van der Waals surface area contributed by atoms with Crippen molar-refractivity contribution in [2.75, 3.05) is 5.75 Å². The zero-order valence-corrected chi connectivity index (χ0v) is 13.4. The van der Waals surface area contributed by atoms with Gasteiger partial charge in [-0.25, -0.2) is 4.39 Å². The lowest BCUT2D eigenvalue weighted by atomic mass is 10.1. The number of aromatic nitrogens is 3. The Bertz CT molecular complexity index is 905. The Morgan fingerprint density at radius 1 is 1.04 bits per heavy atom. The molecular weight excluding hydrogens is 335 g/mol. The maximum absolute atomic E-state index is 14.0. The SMILES string of the molecule is Fc1ccccc1-c1nnc2n1N=C(c1ccc(Cl)cc1)CS2. The summed E-state index contributed by atoms with van der Waals surface area (Å²) in [4.78, 5) is 0. The second-order valence-electron chi connectivity index (χ2n) is 4.94. The van der Waals surface area contributed by atoms with E-state index in [0.29, 0.717) is 27.3 Å². The first-order chi connectivity index (χ1) is 11.2. The molecule has 4 nitrogen and oxygen atoms in total. The summed E-state index contributed by atoms with van der Waals surface area (Å²) < 4.78 is 15.6. The molecular formula is C16H10ClFN4S. The maximum Gasteiger partial charge on any atom is 0.212 e. The van der Waals surface area contributed by atoms with Crippen LogP contribution < -0.4 is 0 Å². The number of fused-ring (bicyclic) bond motifs is 1. The quantitative estimate of drug-likeness (QED) is 0.703. The standard InChI is InChI=1S/C16H10ClFN4S/c17-11-7-5-10(6-8-11)14-9-23-16-20-19-15(22(16)21-14)12-3-1-2-4-13(12)18/h1-8H,9H2. The molecule has 0 radical (unpaired) electrons. The number of benzene rings is 2. The Morgan fingerprint density at radius 2 is 1.83 bits per heavy atom. The van der Waals surface area contributed by atoms with Crippen molar-refractivity contribution in [2.45, 2.75) is 5.16 Å². The smallest absolute Gasteiger partial charge is 0.206 e. The van der Waals surface area contributed by atoms with Gasteiger partial charge in [-0.1, -0.05) is 47.6 Å². The van der Waals surface area contributed by atoms with Crippen LogP contribution in [0.1, 0.15) is 5.56 Å². The summed E-state index contributed by atoms with van der Waals surface area (Å²) in [5.74, 6) is 0.732. The predicted octanol–water partition coefficient (Wildman–Crippen LogP) is 4.10. The first kappa shape index (κ1) is 14.4. The minimum absolute atomic E-state index is 0.346. The monoisotopic (exact) mass is 344 g/mol. The molecule has 0 saturated heterocycles. The molecule has 0 spiro atoms. The van der Waals surface area contributed by atoms with E-state index in [1.54, 1.807) is 22.9 Å². The number of halogens is 2. The molecule has 2 heterocycles. The van der Waals surface area contributed by atoms with E-state index in [-0.39, 0.29) is 5.82 Å². The highest BCUT2D eigenvalue weighted by molar-refractivity contribution is 7.99. The molecule has 0 fully saturated rings. The summed E-state index contributed by atoms with van der Waals surface area (Å²) in [6, 6.07) is 14.0. The van der Waals surface area contributed by atoms with E-state index in [9.17, 15) is 4.39 Å². The van der Waals surface area contributed by atoms with Gasteiger partial charge >= 0.3 is 0 Å². The normalized spacial score (nSPS) is 13.6. The van der Waals surface area contributed by atoms with Crippen molar-refractivity contribution in [2.24, 2.45) is 5.10 Å². The first-order valence-corrected chi connectivity index (χ1v) is 8.25. The molecule has 0 saturated carbocycles. The van der Waals surface area contributed by atoms with E-state index in [2.05, 4.69) is 15.3 Å². The van der Waals surface area contributed by atoms with Gasteiger partial charge in [-0.2, -0.15) is 9.78 Å². The fourth-order valence-corrected chi connectivity index (χ4v) is 3.29. The van der Waals surface area contributed by atoms with Gasteiger partial charge in [0.1, 0.15) is 5.82 Å². The molecule has 0 N–H and O–H groups in total. The van der Waals surface area contributed by atoms with Crippen LogP contribution in [-0.4, -0.2) is 26.3 Å². The Hall–Kier alpha value is -2.18. The van der Waals surface area contributed by atoms with E-state index in [4.69, 9.17) is 11.6 Å². The molecule has 7 heteroatoms. The topological polar surface area (TPSA) is 43.1 Å². The minimum Gasteiger partial charge on any atom is -0.206 e. The predicted molar refractivity (Wildman–Crippen MR) is 89.5 cm³/mol. The Kier molecular flexibility index (Phi) is 3.63. The number of hydrogen-bond donors (Lipinski definition) is 0. The van der Waals surface area contributed by atoms with Crippen LogP contribution in [0.4, 0.5) is 4.39 Å². The molecule has 2 aromatic carbocycles.